The molecule has 0 spiro atoms. The van der Waals surface area contributed by atoms with Gasteiger partial charge in [0.25, 0.3) is 0 Å². The third-order valence-corrected chi connectivity index (χ3v) is 7.02. The van der Waals surface area contributed by atoms with E-state index in [1.54, 1.807) is 0 Å². The highest BCUT2D eigenvalue weighted by Crippen LogP contribution is 2.27. The van der Waals surface area contributed by atoms with Crippen molar-refractivity contribution in [1.82, 2.24) is 20.0 Å². The van der Waals surface area contributed by atoms with Crippen molar-refractivity contribution in [2.75, 3.05) is 25.0 Å². The molecule has 1 aliphatic carbocycles. The molecule has 0 radical (unpaired) electrons. The maximum Gasteiger partial charge on any atom is 0.239 e. The summed E-state index contributed by atoms with van der Waals surface area (Å²) in [5, 5.41) is 11.1. The summed E-state index contributed by atoms with van der Waals surface area (Å²) in [6.07, 6.45) is 7.44. The average Bonchev–Trinajstić information content (AvgIpc) is 3.26. The van der Waals surface area contributed by atoms with Crippen LogP contribution in [-0.2, 0) is 15.0 Å². The first-order valence-corrected chi connectivity index (χ1v) is 12.8. The molecule has 7 heteroatoms. The molecular weight excluding hydrogens is 426 g/mol. The Labute approximate surface area is 203 Å². The van der Waals surface area contributed by atoms with E-state index in [9.17, 15) is 9.59 Å². The van der Waals surface area contributed by atoms with Crippen molar-refractivity contribution in [3.63, 3.8) is 0 Å². The Balaban J connectivity index is 1.31. The fourth-order valence-electron chi connectivity index (χ4n) is 4.91. The number of carbonyl (C=O) groups excluding carboxylic acids is 2. The second-order valence-corrected chi connectivity index (χ2v) is 10.9. The van der Waals surface area contributed by atoms with Crippen molar-refractivity contribution >= 4 is 17.6 Å². The van der Waals surface area contributed by atoms with Gasteiger partial charge in [-0.15, -0.1) is 0 Å². The molecule has 2 aliphatic rings. The molecule has 1 aromatic heterocycles. The Morgan fingerprint density at radius 1 is 1.00 bits per heavy atom. The smallest absolute Gasteiger partial charge is 0.239 e. The van der Waals surface area contributed by atoms with E-state index in [0.717, 1.165) is 50.2 Å². The third kappa shape index (κ3) is 6.26. The second-order valence-electron chi connectivity index (χ2n) is 10.9. The fraction of sp³-hybridized carbons (Fsp3) is 0.593. The van der Waals surface area contributed by atoms with Crippen molar-refractivity contribution in [2.45, 2.75) is 77.2 Å². The number of piperidine rings is 1. The Morgan fingerprint density at radius 2 is 1.68 bits per heavy atom. The zero-order chi connectivity index (χ0) is 24.1. The highest BCUT2D eigenvalue weighted by molar-refractivity contribution is 5.91. The minimum atomic E-state index is -0.122. The van der Waals surface area contributed by atoms with Crippen LogP contribution in [0, 0.1) is 5.92 Å². The van der Waals surface area contributed by atoms with Crippen LogP contribution in [0.25, 0.3) is 5.69 Å². The molecule has 7 nitrogen and oxygen atoms in total. The molecule has 0 bridgehead atoms. The lowest BCUT2D eigenvalue weighted by Gasteiger charge is -2.33. The van der Waals surface area contributed by atoms with Gasteiger partial charge in [-0.2, -0.15) is 5.10 Å². The summed E-state index contributed by atoms with van der Waals surface area (Å²) in [5.74, 6) is 1.09. The molecule has 0 unspecified atom stereocenters. The first-order valence-electron chi connectivity index (χ1n) is 12.8. The first-order chi connectivity index (χ1) is 16.3. The molecule has 2 aromatic rings. The summed E-state index contributed by atoms with van der Waals surface area (Å²) in [6, 6.07) is 12.1. The molecule has 1 aromatic carbocycles. The lowest BCUT2D eigenvalue weighted by Crippen LogP contribution is -2.48. The van der Waals surface area contributed by atoms with Gasteiger partial charge in [0.05, 0.1) is 17.9 Å². The van der Waals surface area contributed by atoms with Crippen LogP contribution in [0.1, 0.15) is 71.4 Å². The van der Waals surface area contributed by atoms with Gasteiger partial charge < -0.3 is 10.6 Å². The van der Waals surface area contributed by atoms with Crippen molar-refractivity contribution in [3.8, 4) is 5.69 Å². The number of para-hydroxylation sites is 1. The molecule has 184 valence electrons. The summed E-state index contributed by atoms with van der Waals surface area (Å²) >= 11 is 0. The lowest BCUT2D eigenvalue weighted by atomic mass is 9.88. The van der Waals surface area contributed by atoms with Gasteiger partial charge in [0.2, 0.25) is 11.8 Å². The van der Waals surface area contributed by atoms with Crippen LogP contribution >= 0.6 is 0 Å². The highest BCUT2D eigenvalue weighted by atomic mass is 16.2. The van der Waals surface area contributed by atoms with Crippen molar-refractivity contribution in [1.29, 1.82) is 0 Å². The largest absolute Gasteiger partial charge is 0.353 e. The minimum absolute atomic E-state index is 0.0396. The topological polar surface area (TPSA) is 79.3 Å². The van der Waals surface area contributed by atoms with Gasteiger partial charge >= 0.3 is 0 Å². The van der Waals surface area contributed by atoms with Crippen LogP contribution < -0.4 is 10.6 Å². The molecular formula is C27H39N5O2. The molecule has 4 rings (SSSR count). The van der Waals surface area contributed by atoms with E-state index >= 15 is 0 Å². The van der Waals surface area contributed by atoms with Gasteiger partial charge in [0, 0.05) is 36.5 Å². The van der Waals surface area contributed by atoms with E-state index in [1.165, 1.54) is 19.3 Å². The number of nitrogens with zero attached hydrogens (tertiary/aromatic N) is 3. The van der Waals surface area contributed by atoms with Crippen molar-refractivity contribution < 1.29 is 9.59 Å². The average molecular weight is 466 g/mol. The number of likely N-dealkylation sites (tertiary alicyclic amines) is 1. The van der Waals surface area contributed by atoms with Gasteiger partial charge in [-0.05, 0) is 37.8 Å². The molecule has 1 saturated carbocycles. The van der Waals surface area contributed by atoms with Crippen LogP contribution in [0.5, 0.6) is 0 Å². The van der Waals surface area contributed by atoms with Crippen LogP contribution in [0.15, 0.2) is 36.4 Å². The Morgan fingerprint density at radius 3 is 2.32 bits per heavy atom. The van der Waals surface area contributed by atoms with Gasteiger partial charge in [-0.1, -0.05) is 58.2 Å². The van der Waals surface area contributed by atoms with E-state index in [4.69, 9.17) is 5.10 Å². The molecule has 1 aliphatic heterocycles. The molecule has 2 amide bonds. The highest BCUT2D eigenvalue weighted by Gasteiger charge is 2.27. The van der Waals surface area contributed by atoms with E-state index in [1.807, 2.05) is 41.1 Å². The van der Waals surface area contributed by atoms with E-state index in [2.05, 4.69) is 36.3 Å². The third-order valence-electron chi connectivity index (χ3n) is 7.02. The predicted molar refractivity (Wildman–Crippen MR) is 135 cm³/mol. The van der Waals surface area contributed by atoms with Crippen LogP contribution in [-0.4, -0.2) is 52.2 Å². The van der Waals surface area contributed by atoms with Crippen LogP contribution in [0.3, 0.4) is 0 Å². The molecule has 2 heterocycles. The molecule has 2 N–H and O–H groups in total. The van der Waals surface area contributed by atoms with Crippen molar-refractivity contribution in [2.24, 2.45) is 5.92 Å². The number of carbonyl (C=O) groups is 2. The summed E-state index contributed by atoms with van der Waals surface area (Å²) in [7, 11) is 0. The van der Waals surface area contributed by atoms with Gasteiger partial charge in [0.15, 0.2) is 0 Å². The number of nitrogens with one attached hydrogen (secondary N) is 2. The van der Waals surface area contributed by atoms with Crippen LogP contribution in [0.4, 0.5) is 5.82 Å². The van der Waals surface area contributed by atoms with E-state index in [0.29, 0.717) is 12.4 Å². The molecule has 2 fully saturated rings. The zero-order valence-corrected chi connectivity index (χ0v) is 20.8. The maximum atomic E-state index is 12.9. The fourth-order valence-corrected chi connectivity index (χ4v) is 4.91. The monoisotopic (exact) mass is 465 g/mol. The summed E-state index contributed by atoms with van der Waals surface area (Å²) < 4.78 is 1.81. The number of benzene rings is 1. The number of hydrogen-bond donors (Lipinski definition) is 2. The summed E-state index contributed by atoms with van der Waals surface area (Å²) in [5.41, 5.74) is 1.73. The quantitative estimate of drug-likeness (QED) is 0.668. The Hall–Kier alpha value is -2.67. The number of rotatable bonds is 6. The normalized spacial score (nSPS) is 18.6. The predicted octanol–water partition coefficient (Wildman–Crippen LogP) is 4.27. The van der Waals surface area contributed by atoms with Crippen LogP contribution in [0.2, 0.25) is 0 Å². The minimum Gasteiger partial charge on any atom is -0.353 e. The SMILES string of the molecule is CC(C)(C)c1cc(NC(=O)CN2CCC(NC(=O)C3CCCCC3)CC2)n(-c2ccccc2)n1. The van der Waals surface area contributed by atoms with Gasteiger partial charge in [-0.25, -0.2) is 4.68 Å². The number of anilines is 1. The first kappa shape index (κ1) is 24.5. The molecule has 1 saturated heterocycles. The van der Waals surface area contributed by atoms with Gasteiger partial charge in [-0.3, -0.25) is 14.5 Å². The van der Waals surface area contributed by atoms with Gasteiger partial charge in [0.1, 0.15) is 5.82 Å². The Kier molecular flexibility index (Phi) is 7.71. The van der Waals surface area contributed by atoms with E-state index < -0.39 is 0 Å². The number of amides is 2. The summed E-state index contributed by atoms with van der Waals surface area (Å²) in [4.78, 5) is 27.7. The lowest BCUT2D eigenvalue weighted by molar-refractivity contribution is -0.127. The zero-order valence-electron chi connectivity index (χ0n) is 20.8. The Bertz CT molecular complexity index is 965. The number of hydrogen-bond acceptors (Lipinski definition) is 4. The second kappa shape index (κ2) is 10.7. The maximum absolute atomic E-state index is 12.9. The standard InChI is InChI=1S/C27H39N5O2/c1-27(2,3)23-18-24(32(30-23)22-12-8-5-9-13-22)29-25(33)19-31-16-14-21(15-17-31)28-26(34)20-10-6-4-7-11-20/h5,8-9,12-13,18,20-21H,4,6-7,10-11,14-17,19H2,1-3H3,(H,28,34)(H,29,33). The summed E-state index contributed by atoms with van der Waals surface area (Å²) in [6.45, 7) is 8.32. The van der Waals surface area contributed by atoms with E-state index in [-0.39, 0.29) is 29.2 Å². The molecule has 0 atom stereocenters. The number of aromatic nitrogens is 2. The van der Waals surface area contributed by atoms with Crippen molar-refractivity contribution in [3.05, 3.63) is 42.1 Å². The molecule has 34 heavy (non-hydrogen) atoms.